The molecule has 0 aliphatic heterocycles. The lowest BCUT2D eigenvalue weighted by molar-refractivity contribution is -0.266. The second-order valence-electron chi connectivity index (χ2n) is 9.56. The smallest absolute Gasteiger partial charge is 0.402 e. The van der Waals surface area contributed by atoms with Gasteiger partial charge in [-0.05, 0) is 90.0 Å². The molecular weight excluding hydrogens is 458 g/mol. The average Bonchev–Trinajstić information content (AvgIpc) is 2.68. The number of aryl methyl sites for hydroxylation is 1. The lowest BCUT2D eigenvalue weighted by Crippen LogP contribution is -2.50. The molecule has 1 aromatic rings. The standard InChI is InChI=1S/C22H30F4N2O.C3H9N.C2H6/c1-7-18(28-14(2)3)11-17(27)12-21(29,22(24,25)26)13-20(5,6)19-10-16(23)9-8-15(19)4;1-4(2)3;1-2/h7-11,29H,12-13,27H2,1-6H3;1-3H3;1-2H3/b17-11-,18-7-;;. The number of allylic oxidation sites excluding steroid dienone is 2. The fourth-order valence-corrected chi connectivity index (χ4v) is 3.43. The zero-order chi connectivity index (χ0) is 28.2. The van der Waals surface area contributed by atoms with Crippen molar-refractivity contribution in [2.45, 2.75) is 85.4 Å². The highest BCUT2D eigenvalue weighted by Gasteiger charge is 2.56. The number of aliphatic hydroxyl groups is 1. The third-order valence-electron chi connectivity index (χ3n) is 4.67. The molecule has 0 aliphatic carbocycles. The number of benzene rings is 1. The van der Waals surface area contributed by atoms with Crippen LogP contribution in [0, 0.1) is 12.7 Å². The Morgan fingerprint density at radius 1 is 1.11 bits per heavy atom. The van der Waals surface area contributed by atoms with Crippen LogP contribution in [0.2, 0.25) is 0 Å². The van der Waals surface area contributed by atoms with Gasteiger partial charge in [0.05, 0.1) is 5.70 Å². The van der Waals surface area contributed by atoms with Crippen molar-refractivity contribution in [2.24, 2.45) is 10.7 Å². The predicted octanol–water partition coefficient (Wildman–Crippen LogP) is 6.92. The number of nitrogens with two attached hydrogens (primary N) is 1. The molecule has 0 bridgehead atoms. The van der Waals surface area contributed by atoms with E-state index in [-0.39, 0.29) is 5.70 Å². The van der Waals surface area contributed by atoms with Gasteiger partial charge in [0.1, 0.15) is 5.82 Å². The predicted molar refractivity (Wildman–Crippen MR) is 140 cm³/mol. The van der Waals surface area contributed by atoms with Crippen LogP contribution >= 0.6 is 0 Å². The fourth-order valence-electron chi connectivity index (χ4n) is 3.43. The molecule has 3 N–H and O–H groups in total. The Balaban J connectivity index is 0. The monoisotopic (exact) mass is 503 g/mol. The Hall–Kier alpha value is -2.19. The van der Waals surface area contributed by atoms with Crippen LogP contribution in [-0.2, 0) is 5.41 Å². The Labute approximate surface area is 209 Å². The molecule has 0 saturated carbocycles. The van der Waals surface area contributed by atoms with E-state index in [1.54, 1.807) is 47.6 Å². The molecule has 35 heavy (non-hydrogen) atoms. The fraction of sp³-hybridized carbons (Fsp3) is 0.593. The maximum atomic E-state index is 13.9. The summed E-state index contributed by atoms with van der Waals surface area (Å²) in [5.41, 5.74) is 3.65. The Morgan fingerprint density at radius 3 is 2.00 bits per heavy atom. The Bertz CT molecular complexity index is 865. The van der Waals surface area contributed by atoms with Gasteiger partial charge in [-0.3, -0.25) is 4.99 Å². The quantitative estimate of drug-likeness (QED) is 0.241. The molecule has 0 fully saturated rings. The summed E-state index contributed by atoms with van der Waals surface area (Å²) < 4.78 is 55.3. The first-order valence-corrected chi connectivity index (χ1v) is 11.7. The number of hydrogen-bond donors (Lipinski definition) is 2. The van der Waals surface area contributed by atoms with Crippen molar-refractivity contribution >= 4 is 5.71 Å². The van der Waals surface area contributed by atoms with Crippen molar-refractivity contribution in [1.29, 1.82) is 0 Å². The van der Waals surface area contributed by atoms with Crippen LogP contribution in [-0.4, -0.2) is 48.6 Å². The van der Waals surface area contributed by atoms with Gasteiger partial charge in [-0.2, -0.15) is 13.2 Å². The van der Waals surface area contributed by atoms with Crippen molar-refractivity contribution in [3.8, 4) is 0 Å². The van der Waals surface area contributed by atoms with E-state index in [0.717, 1.165) is 5.71 Å². The van der Waals surface area contributed by atoms with E-state index < -0.39 is 35.9 Å². The minimum absolute atomic E-state index is 0.144. The van der Waals surface area contributed by atoms with E-state index >= 15 is 0 Å². The summed E-state index contributed by atoms with van der Waals surface area (Å²) >= 11 is 0. The van der Waals surface area contributed by atoms with Crippen molar-refractivity contribution in [2.75, 3.05) is 21.1 Å². The van der Waals surface area contributed by atoms with Crippen LogP contribution in [0.5, 0.6) is 0 Å². The minimum atomic E-state index is -4.93. The molecule has 0 heterocycles. The molecule has 202 valence electrons. The van der Waals surface area contributed by atoms with E-state index in [2.05, 4.69) is 4.99 Å². The van der Waals surface area contributed by atoms with Gasteiger partial charge < -0.3 is 15.7 Å². The summed E-state index contributed by atoms with van der Waals surface area (Å²) in [7, 11) is 6.00. The molecule has 1 atom stereocenters. The van der Waals surface area contributed by atoms with Crippen LogP contribution < -0.4 is 5.73 Å². The maximum Gasteiger partial charge on any atom is 0.417 e. The lowest BCUT2D eigenvalue weighted by Gasteiger charge is -2.38. The van der Waals surface area contributed by atoms with Gasteiger partial charge in [0.2, 0.25) is 0 Å². The summed E-state index contributed by atoms with van der Waals surface area (Å²) in [4.78, 5) is 6.19. The first-order chi connectivity index (χ1) is 15.8. The summed E-state index contributed by atoms with van der Waals surface area (Å²) in [5.74, 6) is -0.542. The summed E-state index contributed by atoms with van der Waals surface area (Å²) in [6.07, 6.45) is -3.48. The molecule has 0 spiro atoms. The topological polar surface area (TPSA) is 61.9 Å². The highest BCUT2D eigenvalue weighted by atomic mass is 19.4. The second-order valence-corrected chi connectivity index (χ2v) is 9.56. The van der Waals surface area contributed by atoms with E-state index in [1.165, 1.54) is 24.3 Å². The number of aliphatic imine (C=N–C) groups is 1. The van der Waals surface area contributed by atoms with Gasteiger partial charge in [0.15, 0.2) is 5.60 Å². The Kier molecular flexibility index (Phi) is 15.0. The molecule has 0 amide bonds. The summed E-state index contributed by atoms with van der Waals surface area (Å²) in [6, 6.07) is 3.97. The van der Waals surface area contributed by atoms with Crippen molar-refractivity contribution in [3.63, 3.8) is 0 Å². The molecule has 0 saturated heterocycles. The number of hydrogen-bond acceptors (Lipinski definition) is 4. The SMILES string of the molecule is C/C=C(/C=C(\N)CC(O)(CC(C)(C)c1cc(F)ccc1C)C(F)(F)F)N=C(C)C.CC.CN(C)C. The van der Waals surface area contributed by atoms with Gasteiger partial charge in [-0.1, -0.05) is 39.8 Å². The third kappa shape index (κ3) is 12.9. The zero-order valence-corrected chi connectivity index (χ0v) is 23.2. The second kappa shape index (κ2) is 15.0. The zero-order valence-electron chi connectivity index (χ0n) is 23.2. The van der Waals surface area contributed by atoms with Gasteiger partial charge in [0, 0.05) is 17.8 Å². The summed E-state index contributed by atoms with van der Waals surface area (Å²) in [6.45, 7) is 14.0. The molecule has 0 radical (unpaired) electrons. The summed E-state index contributed by atoms with van der Waals surface area (Å²) in [5, 5.41) is 10.6. The van der Waals surface area contributed by atoms with Crippen LogP contribution in [0.3, 0.4) is 0 Å². The first kappa shape index (κ1) is 35.0. The number of alkyl halides is 3. The minimum Gasteiger partial charge on any atom is -0.402 e. The van der Waals surface area contributed by atoms with Gasteiger partial charge in [-0.25, -0.2) is 4.39 Å². The molecule has 4 nitrogen and oxygen atoms in total. The van der Waals surface area contributed by atoms with Crippen LogP contribution in [0.1, 0.15) is 72.4 Å². The van der Waals surface area contributed by atoms with E-state index in [1.807, 2.05) is 39.9 Å². The number of nitrogens with zero attached hydrogens (tertiary/aromatic N) is 2. The highest BCUT2D eigenvalue weighted by molar-refractivity contribution is 5.80. The van der Waals surface area contributed by atoms with Crippen LogP contribution in [0.15, 0.2) is 46.7 Å². The molecule has 0 aromatic heterocycles. The highest BCUT2D eigenvalue weighted by Crippen LogP contribution is 2.44. The normalized spacial score (nSPS) is 14.3. The van der Waals surface area contributed by atoms with Gasteiger partial charge in [0.25, 0.3) is 0 Å². The van der Waals surface area contributed by atoms with Crippen molar-refractivity contribution in [1.82, 2.24) is 4.90 Å². The molecule has 1 rings (SSSR count). The van der Waals surface area contributed by atoms with Crippen molar-refractivity contribution < 1.29 is 22.7 Å². The van der Waals surface area contributed by atoms with E-state index in [4.69, 9.17) is 5.73 Å². The van der Waals surface area contributed by atoms with E-state index in [9.17, 15) is 22.7 Å². The molecule has 0 aliphatic rings. The maximum absolute atomic E-state index is 13.9. The third-order valence-corrected chi connectivity index (χ3v) is 4.67. The first-order valence-electron chi connectivity index (χ1n) is 11.7. The lowest BCUT2D eigenvalue weighted by atomic mass is 9.72. The molecular formula is C27H45F4N3O. The van der Waals surface area contributed by atoms with Crippen LogP contribution in [0.25, 0.3) is 0 Å². The number of rotatable bonds is 7. The van der Waals surface area contributed by atoms with Gasteiger partial charge >= 0.3 is 6.18 Å². The Morgan fingerprint density at radius 2 is 1.60 bits per heavy atom. The average molecular weight is 504 g/mol. The van der Waals surface area contributed by atoms with Crippen molar-refractivity contribution in [3.05, 3.63) is 58.7 Å². The molecule has 8 heteroatoms. The van der Waals surface area contributed by atoms with E-state index in [0.29, 0.717) is 16.8 Å². The van der Waals surface area contributed by atoms with Gasteiger partial charge in [-0.15, -0.1) is 0 Å². The number of halogens is 4. The molecule has 1 aromatic carbocycles. The largest absolute Gasteiger partial charge is 0.417 e. The molecule has 1 unspecified atom stereocenters. The van der Waals surface area contributed by atoms with Crippen LogP contribution in [0.4, 0.5) is 17.6 Å².